The fourth-order valence-corrected chi connectivity index (χ4v) is 3.54. The number of ketones is 1. The molecule has 1 fully saturated rings. The maximum absolute atomic E-state index is 12.8. The van der Waals surface area contributed by atoms with Crippen LogP contribution in [0, 0.1) is 6.92 Å². The number of hydrogen-bond acceptors (Lipinski definition) is 3. The maximum Gasteiger partial charge on any atom is 0.290 e. The Morgan fingerprint density at radius 2 is 1.71 bits per heavy atom. The SMILES string of the molecule is CCCC(=O)C(=O)N1CC(=O)N(c2ccc(C)cc2)CC1Cc1ccccc1. The summed E-state index contributed by atoms with van der Waals surface area (Å²) < 4.78 is 0. The van der Waals surface area contributed by atoms with Crippen LogP contribution in [0.2, 0.25) is 0 Å². The number of amides is 2. The predicted molar refractivity (Wildman–Crippen MR) is 109 cm³/mol. The van der Waals surface area contributed by atoms with Crippen LogP contribution in [-0.4, -0.2) is 41.6 Å². The summed E-state index contributed by atoms with van der Waals surface area (Å²) in [6.07, 6.45) is 1.43. The number of carbonyl (C=O) groups is 3. The maximum atomic E-state index is 12.8. The molecule has 5 nitrogen and oxygen atoms in total. The highest BCUT2D eigenvalue weighted by Crippen LogP contribution is 2.23. The van der Waals surface area contributed by atoms with E-state index in [0.717, 1.165) is 16.8 Å². The summed E-state index contributed by atoms with van der Waals surface area (Å²) in [6.45, 7) is 4.18. The van der Waals surface area contributed by atoms with Crippen LogP contribution in [0.4, 0.5) is 5.69 Å². The van der Waals surface area contributed by atoms with Gasteiger partial charge in [-0.3, -0.25) is 14.4 Å². The van der Waals surface area contributed by atoms with Gasteiger partial charge in [0.15, 0.2) is 0 Å². The summed E-state index contributed by atoms with van der Waals surface area (Å²) in [6, 6.07) is 17.4. The van der Waals surface area contributed by atoms with Crippen LogP contribution in [0.15, 0.2) is 54.6 Å². The second kappa shape index (κ2) is 8.83. The molecule has 1 saturated heterocycles. The molecule has 1 atom stereocenters. The van der Waals surface area contributed by atoms with E-state index in [-0.39, 0.29) is 24.9 Å². The van der Waals surface area contributed by atoms with Crippen molar-refractivity contribution in [1.29, 1.82) is 0 Å². The van der Waals surface area contributed by atoms with Crippen molar-refractivity contribution < 1.29 is 14.4 Å². The molecule has 1 aliphatic rings. The van der Waals surface area contributed by atoms with Gasteiger partial charge < -0.3 is 9.80 Å². The van der Waals surface area contributed by atoms with Crippen molar-refractivity contribution in [2.24, 2.45) is 0 Å². The fraction of sp³-hybridized carbons (Fsp3) is 0.348. The van der Waals surface area contributed by atoms with Crippen molar-refractivity contribution in [2.45, 2.75) is 39.2 Å². The third-order valence-corrected chi connectivity index (χ3v) is 5.08. The third-order valence-electron chi connectivity index (χ3n) is 5.08. The molecule has 5 heteroatoms. The molecule has 1 heterocycles. The summed E-state index contributed by atoms with van der Waals surface area (Å²) >= 11 is 0. The monoisotopic (exact) mass is 378 g/mol. The second-order valence-electron chi connectivity index (χ2n) is 7.29. The molecule has 3 rings (SSSR count). The minimum atomic E-state index is -0.542. The molecule has 0 N–H and O–H groups in total. The van der Waals surface area contributed by atoms with Gasteiger partial charge in [-0.05, 0) is 37.5 Å². The average Bonchev–Trinajstić information content (AvgIpc) is 2.70. The number of benzene rings is 2. The van der Waals surface area contributed by atoms with E-state index in [9.17, 15) is 14.4 Å². The molecule has 0 aromatic heterocycles. The normalized spacial score (nSPS) is 16.9. The molecule has 146 valence electrons. The predicted octanol–water partition coefficient (Wildman–Crippen LogP) is 3.15. The molecular formula is C23H26N2O3. The molecule has 1 unspecified atom stereocenters. The van der Waals surface area contributed by atoms with Gasteiger partial charge in [0.1, 0.15) is 6.54 Å². The Bertz CT molecular complexity index is 846. The first-order valence-electron chi connectivity index (χ1n) is 9.74. The minimum absolute atomic E-state index is 0.0698. The highest BCUT2D eigenvalue weighted by molar-refractivity contribution is 6.36. The van der Waals surface area contributed by atoms with Crippen molar-refractivity contribution >= 4 is 23.3 Å². The van der Waals surface area contributed by atoms with Gasteiger partial charge in [-0.25, -0.2) is 0 Å². The molecule has 1 aliphatic heterocycles. The first kappa shape index (κ1) is 19.8. The molecule has 2 aromatic rings. The van der Waals surface area contributed by atoms with Gasteiger partial charge in [0.25, 0.3) is 5.91 Å². The molecule has 0 saturated carbocycles. The van der Waals surface area contributed by atoms with E-state index in [1.54, 1.807) is 4.90 Å². The van der Waals surface area contributed by atoms with Crippen LogP contribution < -0.4 is 4.90 Å². The van der Waals surface area contributed by atoms with E-state index < -0.39 is 11.7 Å². The van der Waals surface area contributed by atoms with Crippen molar-refractivity contribution in [1.82, 2.24) is 4.90 Å². The lowest BCUT2D eigenvalue weighted by molar-refractivity contribution is -0.148. The summed E-state index contributed by atoms with van der Waals surface area (Å²) in [5.41, 5.74) is 3.02. The van der Waals surface area contributed by atoms with Crippen LogP contribution in [-0.2, 0) is 20.8 Å². The summed E-state index contributed by atoms with van der Waals surface area (Å²) in [4.78, 5) is 40.9. The van der Waals surface area contributed by atoms with Crippen molar-refractivity contribution in [3.8, 4) is 0 Å². The van der Waals surface area contributed by atoms with Crippen LogP contribution >= 0.6 is 0 Å². The Hall–Kier alpha value is -2.95. The molecular weight excluding hydrogens is 352 g/mol. The van der Waals surface area contributed by atoms with E-state index in [2.05, 4.69) is 0 Å². The summed E-state index contributed by atoms with van der Waals surface area (Å²) in [5.74, 6) is -1.12. The zero-order valence-corrected chi connectivity index (χ0v) is 16.4. The number of nitrogens with zero attached hydrogens (tertiary/aromatic N) is 2. The van der Waals surface area contributed by atoms with Gasteiger partial charge >= 0.3 is 0 Å². The van der Waals surface area contributed by atoms with Crippen LogP contribution in [0.1, 0.15) is 30.9 Å². The summed E-state index contributed by atoms with van der Waals surface area (Å²) in [7, 11) is 0. The van der Waals surface area contributed by atoms with Gasteiger partial charge in [-0.15, -0.1) is 0 Å². The van der Waals surface area contributed by atoms with E-state index in [0.29, 0.717) is 19.4 Å². The van der Waals surface area contributed by atoms with E-state index in [1.807, 2.05) is 68.4 Å². The second-order valence-corrected chi connectivity index (χ2v) is 7.29. The number of Topliss-reactive ketones (excluding diaryl/α,β-unsaturated/α-hetero) is 1. The number of anilines is 1. The smallest absolute Gasteiger partial charge is 0.290 e. The van der Waals surface area contributed by atoms with Crippen LogP contribution in [0.5, 0.6) is 0 Å². The topological polar surface area (TPSA) is 57.7 Å². The number of piperazine rings is 1. The lowest BCUT2D eigenvalue weighted by atomic mass is 10.00. The van der Waals surface area contributed by atoms with Gasteiger partial charge in [0, 0.05) is 18.7 Å². The first-order valence-corrected chi connectivity index (χ1v) is 9.74. The quantitative estimate of drug-likeness (QED) is 0.726. The van der Waals surface area contributed by atoms with E-state index >= 15 is 0 Å². The number of aryl methyl sites for hydroxylation is 1. The van der Waals surface area contributed by atoms with Crippen molar-refractivity contribution in [3.63, 3.8) is 0 Å². The standard InChI is InChI=1S/C23H26N2O3/c1-3-7-21(26)23(28)25-16-22(27)24(19-12-10-17(2)11-13-19)15-20(25)14-18-8-5-4-6-9-18/h4-6,8-13,20H,3,7,14-16H2,1-2H3. The molecule has 28 heavy (non-hydrogen) atoms. The average molecular weight is 378 g/mol. The number of carbonyl (C=O) groups excluding carboxylic acids is 3. The Kier molecular flexibility index (Phi) is 6.24. The van der Waals surface area contributed by atoms with Crippen molar-refractivity contribution in [2.75, 3.05) is 18.0 Å². The van der Waals surface area contributed by atoms with E-state index in [1.165, 1.54) is 4.90 Å². The molecule has 2 aromatic carbocycles. The Balaban J connectivity index is 1.87. The van der Waals surface area contributed by atoms with Gasteiger partial charge in [0.2, 0.25) is 11.7 Å². The number of rotatable bonds is 6. The highest BCUT2D eigenvalue weighted by atomic mass is 16.2. The summed E-state index contributed by atoms with van der Waals surface area (Å²) in [5, 5.41) is 0. The molecule has 2 amide bonds. The van der Waals surface area contributed by atoms with Gasteiger partial charge in [-0.2, -0.15) is 0 Å². The van der Waals surface area contributed by atoms with Gasteiger partial charge in [0.05, 0.1) is 6.04 Å². The highest BCUT2D eigenvalue weighted by Gasteiger charge is 2.37. The number of hydrogen-bond donors (Lipinski definition) is 0. The molecule has 0 aliphatic carbocycles. The Labute approximate surface area is 166 Å². The first-order chi connectivity index (χ1) is 13.5. The lowest BCUT2D eigenvalue weighted by Gasteiger charge is -2.41. The molecule has 0 bridgehead atoms. The zero-order valence-electron chi connectivity index (χ0n) is 16.4. The van der Waals surface area contributed by atoms with Crippen LogP contribution in [0.3, 0.4) is 0 Å². The van der Waals surface area contributed by atoms with Crippen LogP contribution in [0.25, 0.3) is 0 Å². The zero-order chi connectivity index (χ0) is 20.1. The van der Waals surface area contributed by atoms with Gasteiger partial charge in [-0.1, -0.05) is 55.0 Å². The third kappa shape index (κ3) is 4.47. The largest absolute Gasteiger partial charge is 0.322 e. The minimum Gasteiger partial charge on any atom is -0.322 e. The fourth-order valence-electron chi connectivity index (χ4n) is 3.54. The Morgan fingerprint density at radius 3 is 2.36 bits per heavy atom. The van der Waals surface area contributed by atoms with Crippen molar-refractivity contribution in [3.05, 3.63) is 65.7 Å². The molecule has 0 radical (unpaired) electrons. The molecule has 0 spiro atoms. The lowest BCUT2D eigenvalue weighted by Crippen LogP contribution is -2.60. The Morgan fingerprint density at radius 1 is 1.04 bits per heavy atom. The van der Waals surface area contributed by atoms with E-state index in [4.69, 9.17) is 0 Å².